The third kappa shape index (κ3) is 6.17. The van der Waals surface area contributed by atoms with Gasteiger partial charge >= 0.3 is 0 Å². The maximum Gasteiger partial charge on any atom is 0.0127 e. The van der Waals surface area contributed by atoms with E-state index in [0.29, 0.717) is 6.04 Å². The Kier molecular flexibility index (Phi) is 7.20. The fourth-order valence-corrected chi connectivity index (χ4v) is 1.50. The summed E-state index contributed by atoms with van der Waals surface area (Å²) in [6.07, 6.45) is 5.32. The third-order valence-corrected chi connectivity index (χ3v) is 2.40. The van der Waals surface area contributed by atoms with Crippen LogP contribution in [0.5, 0.6) is 0 Å². The van der Waals surface area contributed by atoms with Crippen LogP contribution < -0.4 is 5.73 Å². The summed E-state index contributed by atoms with van der Waals surface area (Å²) in [6.45, 7) is 4.17. The van der Waals surface area contributed by atoms with Gasteiger partial charge in [-0.2, -0.15) is 11.8 Å². The molecule has 1 nitrogen and oxygen atoms in total. The summed E-state index contributed by atoms with van der Waals surface area (Å²) in [4.78, 5) is 0. The molecule has 0 saturated carbocycles. The van der Waals surface area contributed by atoms with E-state index in [9.17, 15) is 0 Å². The van der Waals surface area contributed by atoms with E-state index in [0.717, 1.165) is 17.9 Å². The van der Waals surface area contributed by atoms with E-state index in [1.54, 1.807) is 0 Å². The number of hydrogen-bond donors (Lipinski definition) is 1. The number of rotatable bonds is 5. The summed E-state index contributed by atoms with van der Waals surface area (Å²) >= 11 is 1.90. The van der Waals surface area contributed by atoms with Crippen LogP contribution in [0.25, 0.3) is 0 Å². The Morgan fingerprint density at radius 2 is 2.30 bits per heavy atom. The molecule has 0 aliphatic heterocycles. The van der Waals surface area contributed by atoms with E-state index in [1.165, 1.54) is 0 Å². The van der Waals surface area contributed by atoms with Crippen molar-refractivity contribution in [1.82, 2.24) is 0 Å². The molecular weight excluding hydrogens is 142 g/mol. The van der Waals surface area contributed by atoms with Crippen LogP contribution >= 0.6 is 11.8 Å². The van der Waals surface area contributed by atoms with Crippen LogP contribution in [-0.4, -0.2) is 17.5 Å². The molecule has 0 radical (unpaired) electrons. The first-order valence-corrected chi connectivity index (χ1v) is 4.91. The number of hydrogen-bond acceptors (Lipinski definition) is 2. The summed E-state index contributed by atoms with van der Waals surface area (Å²) < 4.78 is 0. The quantitative estimate of drug-likeness (QED) is 0.490. The minimum absolute atomic E-state index is 0.384. The fourth-order valence-electron chi connectivity index (χ4n) is 0.502. The standard InChI is InChI=1S/C8H17NS/c1-3-5-6-10-7-8(9)4-2/h3,5,8H,4,6-7,9H2,1-2H3/b5-3+. The molecule has 0 aromatic heterocycles. The minimum Gasteiger partial charge on any atom is -0.327 e. The molecule has 0 aliphatic rings. The van der Waals surface area contributed by atoms with Gasteiger partial charge in [0, 0.05) is 17.5 Å². The van der Waals surface area contributed by atoms with Crippen LogP contribution in [0.4, 0.5) is 0 Å². The van der Waals surface area contributed by atoms with Crippen molar-refractivity contribution < 1.29 is 0 Å². The van der Waals surface area contributed by atoms with Gasteiger partial charge in [0.05, 0.1) is 0 Å². The van der Waals surface area contributed by atoms with Gasteiger partial charge in [-0.3, -0.25) is 0 Å². The van der Waals surface area contributed by atoms with E-state index < -0.39 is 0 Å². The molecule has 0 bridgehead atoms. The molecule has 10 heavy (non-hydrogen) atoms. The van der Waals surface area contributed by atoms with Crippen molar-refractivity contribution in [1.29, 1.82) is 0 Å². The molecule has 1 unspecified atom stereocenters. The highest BCUT2D eigenvalue weighted by Gasteiger charge is 1.95. The predicted molar refractivity (Wildman–Crippen MR) is 50.4 cm³/mol. The van der Waals surface area contributed by atoms with Gasteiger partial charge in [-0.25, -0.2) is 0 Å². The largest absolute Gasteiger partial charge is 0.327 e. The van der Waals surface area contributed by atoms with Crippen LogP contribution in [0, 0.1) is 0 Å². The Morgan fingerprint density at radius 1 is 1.60 bits per heavy atom. The van der Waals surface area contributed by atoms with E-state index in [4.69, 9.17) is 5.73 Å². The zero-order valence-corrected chi connectivity index (χ0v) is 7.66. The first kappa shape index (κ1) is 10.0. The van der Waals surface area contributed by atoms with Crippen LogP contribution in [0.1, 0.15) is 20.3 Å². The molecular formula is C8H17NS. The van der Waals surface area contributed by atoms with Crippen LogP contribution in [0.15, 0.2) is 12.2 Å². The molecule has 0 aliphatic carbocycles. The summed E-state index contributed by atoms with van der Waals surface area (Å²) in [6, 6.07) is 0.384. The average Bonchev–Trinajstić information content (AvgIpc) is 1.98. The maximum atomic E-state index is 5.71. The molecule has 0 amide bonds. The molecule has 0 spiro atoms. The van der Waals surface area contributed by atoms with Crippen molar-refractivity contribution in [2.45, 2.75) is 26.3 Å². The van der Waals surface area contributed by atoms with Gasteiger partial charge in [0.25, 0.3) is 0 Å². The van der Waals surface area contributed by atoms with Gasteiger partial charge in [-0.05, 0) is 13.3 Å². The van der Waals surface area contributed by atoms with Gasteiger partial charge < -0.3 is 5.73 Å². The van der Waals surface area contributed by atoms with Gasteiger partial charge in [0.1, 0.15) is 0 Å². The highest BCUT2D eigenvalue weighted by Crippen LogP contribution is 2.03. The second-order valence-corrected chi connectivity index (χ2v) is 3.35. The van der Waals surface area contributed by atoms with Crippen molar-refractivity contribution in [2.24, 2.45) is 5.73 Å². The Hall–Kier alpha value is 0.0500. The van der Waals surface area contributed by atoms with Crippen molar-refractivity contribution in [2.75, 3.05) is 11.5 Å². The summed E-state index contributed by atoms with van der Waals surface area (Å²) in [7, 11) is 0. The van der Waals surface area contributed by atoms with E-state index in [1.807, 2.05) is 18.7 Å². The molecule has 2 N–H and O–H groups in total. The second kappa shape index (κ2) is 7.16. The topological polar surface area (TPSA) is 26.0 Å². The Balaban J connectivity index is 3.03. The molecule has 0 fully saturated rings. The molecule has 60 valence electrons. The molecule has 2 heteroatoms. The molecule has 0 saturated heterocycles. The summed E-state index contributed by atoms with van der Waals surface area (Å²) in [5.74, 6) is 2.19. The Morgan fingerprint density at radius 3 is 2.80 bits per heavy atom. The molecule has 0 heterocycles. The van der Waals surface area contributed by atoms with Crippen molar-refractivity contribution in [3.63, 3.8) is 0 Å². The first-order chi connectivity index (χ1) is 4.81. The first-order valence-electron chi connectivity index (χ1n) is 3.75. The second-order valence-electron chi connectivity index (χ2n) is 2.27. The van der Waals surface area contributed by atoms with Crippen molar-refractivity contribution >= 4 is 11.8 Å². The minimum atomic E-state index is 0.384. The zero-order valence-electron chi connectivity index (χ0n) is 6.84. The Bertz CT molecular complexity index is 91.3. The average molecular weight is 159 g/mol. The van der Waals surface area contributed by atoms with Crippen LogP contribution in [-0.2, 0) is 0 Å². The third-order valence-electron chi connectivity index (χ3n) is 1.31. The summed E-state index contributed by atoms with van der Waals surface area (Å²) in [5.41, 5.74) is 5.71. The lowest BCUT2D eigenvalue weighted by Gasteiger charge is -2.05. The SMILES string of the molecule is C/C=C/CSCC(N)CC. The van der Waals surface area contributed by atoms with Gasteiger partial charge in [-0.1, -0.05) is 19.1 Å². The number of nitrogens with two attached hydrogens (primary N) is 1. The monoisotopic (exact) mass is 159 g/mol. The van der Waals surface area contributed by atoms with Crippen molar-refractivity contribution in [3.8, 4) is 0 Å². The molecule has 0 aromatic rings. The van der Waals surface area contributed by atoms with Crippen LogP contribution in [0.3, 0.4) is 0 Å². The predicted octanol–water partition coefficient (Wildman–Crippen LogP) is 2.03. The normalized spacial score (nSPS) is 14.3. The highest BCUT2D eigenvalue weighted by molar-refractivity contribution is 7.99. The molecule has 0 rings (SSSR count). The van der Waals surface area contributed by atoms with Gasteiger partial charge in [-0.15, -0.1) is 0 Å². The lowest BCUT2D eigenvalue weighted by atomic mass is 10.3. The molecule has 0 aromatic carbocycles. The number of allylic oxidation sites excluding steroid dienone is 1. The number of thioether (sulfide) groups is 1. The smallest absolute Gasteiger partial charge is 0.0127 e. The molecule has 1 atom stereocenters. The Labute approximate surface area is 68.1 Å². The van der Waals surface area contributed by atoms with Crippen LogP contribution in [0.2, 0.25) is 0 Å². The lowest BCUT2D eigenvalue weighted by Crippen LogP contribution is -2.21. The highest BCUT2D eigenvalue weighted by atomic mass is 32.2. The zero-order chi connectivity index (χ0) is 7.82. The van der Waals surface area contributed by atoms with E-state index in [2.05, 4.69) is 19.1 Å². The summed E-state index contributed by atoms with van der Waals surface area (Å²) in [5, 5.41) is 0. The van der Waals surface area contributed by atoms with E-state index >= 15 is 0 Å². The van der Waals surface area contributed by atoms with Crippen molar-refractivity contribution in [3.05, 3.63) is 12.2 Å². The maximum absolute atomic E-state index is 5.71. The fraction of sp³-hybridized carbons (Fsp3) is 0.750. The van der Waals surface area contributed by atoms with Gasteiger partial charge in [0.2, 0.25) is 0 Å². The lowest BCUT2D eigenvalue weighted by molar-refractivity contribution is 0.725. The van der Waals surface area contributed by atoms with Gasteiger partial charge in [0.15, 0.2) is 0 Å². The van der Waals surface area contributed by atoms with E-state index in [-0.39, 0.29) is 0 Å².